The molecule has 0 radical (unpaired) electrons. The van der Waals surface area contributed by atoms with Crippen LogP contribution in [0.3, 0.4) is 0 Å². The van der Waals surface area contributed by atoms with Crippen molar-refractivity contribution >= 4 is 5.69 Å². The smallest absolute Gasteiger partial charge is 0.223 e. The van der Waals surface area contributed by atoms with E-state index in [9.17, 15) is 0 Å². The third-order valence-electron chi connectivity index (χ3n) is 6.05. The van der Waals surface area contributed by atoms with Gasteiger partial charge in [0.1, 0.15) is 12.3 Å². The highest BCUT2D eigenvalue weighted by atomic mass is 16.5. The zero-order valence-corrected chi connectivity index (χ0v) is 15.0. The molecule has 27 heavy (non-hydrogen) atoms. The van der Waals surface area contributed by atoms with Crippen LogP contribution in [0.15, 0.2) is 48.8 Å². The van der Waals surface area contributed by atoms with Gasteiger partial charge in [0.2, 0.25) is 5.88 Å². The molecule has 1 N–H and O–H groups in total. The van der Waals surface area contributed by atoms with Crippen molar-refractivity contribution in [3.05, 3.63) is 54.4 Å². The first kappa shape index (κ1) is 15.2. The molecule has 6 rings (SSSR count). The van der Waals surface area contributed by atoms with Crippen molar-refractivity contribution in [2.24, 2.45) is 11.8 Å². The Morgan fingerprint density at radius 1 is 1.00 bits per heavy atom. The maximum atomic E-state index is 5.75. The van der Waals surface area contributed by atoms with Crippen LogP contribution in [0.1, 0.15) is 5.56 Å². The number of pyridine rings is 1. The summed E-state index contributed by atoms with van der Waals surface area (Å²) >= 11 is 0. The van der Waals surface area contributed by atoms with E-state index >= 15 is 0 Å². The van der Waals surface area contributed by atoms with Crippen LogP contribution in [0, 0.1) is 11.8 Å². The molecule has 6 heteroatoms. The molecule has 2 fully saturated rings. The van der Waals surface area contributed by atoms with Crippen LogP contribution in [0.4, 0.5) is 5.69 Å². The summed E-state index contributed by atoms with van der Waals surface area (Å²) in [6.07, 6.45) is 3.81. The minimum Gasteiger partial charge on any atom is -0.472 e. The number of fused-ring (bicyclic) bond motifs is 4. The van der Waals surface area contributed by atoms with Crippen LogP contribution in [0.25, 0.3) is 16.9 Å². The van der Waals surface area contributed by atoms with E-state index in [0.29, 0.717) is 12.5 Å². The van der Waals surface area contributed by atoms with Crippen molar-refractivity contribution in [2.45, 2.75) is 6.61 Å². The highest BCUT2D eigenvalue weighted by molar-refractivity contribution is 5.69. The van der Waals surface area contributed by atoms with Gasteiger partial charge in [0.05, 0.1) is 11.3 Å². The summed E-state index contributed by atoms with van der Waals surface area (Å²) < 4.78 is 7.69. The Hall–Kier alpha value is -2.86. The number of rotatable bonds is 2. The number of hydrogen-bond acceptors (Lipinski definition) is 5. The van der Waals surface area contributed by atoms with Gasteiger partial charge in [0.25, 0.3) is 0 Å². The molecule has 2 aromatic heterocycles. The second-order valence-electron chi connectivity index (χ2n) is 7.69. The van der Waals surface area contributed by atoms with Crippen molar-refractivity contribution in [3.63, 3.8) is 0 Å². The first-order chi connectivity index (χ1) is 13.3. The lowest BCUT2D eigenvalue weighted by Gasteiger charge is -2.20. The average molecular weight is 359 g/mol. The first-order valence-electron chi connectivity index (χ1n) is 9.58. The van der Waals surface area contributed by atoms with Gasteiger partial charge in [-0.1, -0.05) is 0 Å². The number of benzene rings is 1. The lowest BCUT2D eigenvalue weighted by atomic mass is 10.0. The number of nitrogens with zero attached hydrogens (tertiary/aromatic N) is 4. The molecule has 3 aliphatic rings. The van der Waals surface area contributed by atoms with E-state index in [1.54, 1.807) is 6.20 Å². The Kier molecular flexibility index (Phi) is 3.28. The van der Waals surface area contributed by atoms with Crippen LogP contribution in [-0.4, -0.2) is 40.9 Å². The van der Waals surface area contributed by atoms with Crippen LogP contribution in [-0.2, 0) is 6.61 Å². The standard InChI is InChI=1S/C21H21N5O/c1-2-19-20-16(13-27-21(19)23-7-1)12-26(24-20)18-5-3-17(4-6-18)25-10-14-8-22-9-15(14)11-25/h1-7,12,14-15,22H,8-11,13H2. The van der Waals surface area contributed by atoms with Crippen molar-refractivity contribution in [1.29, 1.82) is 0 Å². The first-order valence-corrected chi connectivity index (χ1v) is 9.58. The molecule has 0 saturated carbocycles. The maximum Gasteiger partial charge on any atom is 0.223 e. The van der Waals surface area contributed by atoms with Gasteiger partial charge in [0.15, 0.2) is 0 Å². The second-order valence-corrected chi connectivity index (χ2v) is 7.69. The Balaban J connectivity index is 1.28. The molecule has 2 saturated heterocycles. The third kappa shape index (κ3) is 2.44. The molecule has 2 unspecified atom stereocenters. The summed E-state index contributed by atoms with van der Waals surface area (Å²) in [5, 5.41) is 8.32. The Labute approximate surface area is 157 Å². The summed E-state index contributed by atoms with van der Waals surface area (Å²) in [5.74, 6) is 2.27. The number of hydrogen-bond donors (Lipinski definition) is 1. The quantitative estimate of drug-likeness (QED) is 0.762. The second kappa shape index (κ2) is 5.82. The normalized spacial score (nSPS) is 22.9. The van der Waals surface area contributed by atoms with Gasteiger partial charge in [-0.05, 0) is 48.2 Å². The van der Waals surface area contributed by atoms with Gasteiger partial charge in [-0.15, -0.1) is 0 Å². The molecular formula is C21H21N5O. The maximum absolute atomic E-state index is 5.75. The Morgan fingerprint density at radius 2 is 1.78 bits per heavy atom. The zero-order chi connectivity index (χ0) is 17.8. The van der Waals surface area contributed by atoms with E-state index in [1.165, 1.54) is 5.69 Å². The van der Waals surface area contributed by atoms with E-state index < -0.39 is 0 Å². The molecule has 3 aromatic rings. The van der Waals surface area contributed by atoms with E-state index in [0.717, 1.165) is 60.5 Å². The molecule has 3 aliphatic heterocycles. The van der Waals surface area contributed by atoms with Gasteiger partial charge in [0, 0.05) is 49.8 Å². The minimum absolute atomic E-state index is 0.516. The van der Waals surface area contributed by atoms with Crippen LogP contribution < -0.4 is 15.0 Å². The Bertz CT molecular complexity index is 984. The van der Waals surface area contributed by atoms with E-state index in [4.69, 9.17) is 9.84 Å². The van der Waals surface area contributed by atoms with Gasteiger partial charge < -0.3 is 15.0 Å². The largest absolute Gasteiger partial charge is 0.472 e. The molecule has 1 aromatic carbocycles. The van der Waals surface area contributed by atoms with Gasteiger partial charge in [-0.25, -0.2) is 9.67 Å². The van der Waals surface area contributed by atoms with Gasteiger partial charge >= 0.3 is 0 Å². The van der Waals surface area contributed by atoms with E-state index in [1.807, 2.05) is 16.8 Å². The predicted octanol–water partition coefficient (Wildman–Crippen LogP) is 2.48. The number of nitrogens with one attached hydrogen (secondary N) is 1. The van der Waals surface area contributed by atoms with Crippen LogP contribution in [0.2, 0.25) is 0 Å². The molecule has 6 nitrogen and oxygen atoms in total. The molecule has 0 amide bonds. The summed E-state index contributed by atoms with van der Waals surface area (Å²) in [6.45, 7) is 5.16. The van der Waals surface area contributed by atoms with E-state index in [-0.39, 0.29) is 0 Å². The fourth-order valence-electron chi connectivity index (χ4n) is 4.59. The summed E-state index contributed by atoms with van der Waals surface area (Å²) in [7, 11) is 0. The fourth-order valence-corrected chi connectivity index (χ4v) is 4.59. The summed E-state index contributed by atoms with van der Waals surface area (Å²) in [6, 6.07) is 12.7. The van der Waals surface area contributed by atoms with Crippen molar-refractivity contribution in [3.8, 4) is 22.8 Å². The number of aromatic nitrogens is 3. The summed E-state index contributed by atoms with van der Waals surface area (Å²) in [5.41, 5.74) is 5.40. The lowest BCUT2D eigenvalue weighted by molar-refractivity contribution is 0.290. The molecule has 5 heterocycles. The lowest BCUT2D eigenvalue weighted by Crippen LogP contribution is -2.25. The van der Waals surface area contributed by atoms with Crippen LogP contribution in [0.5, 0.6) is 5.88 Å². The SMILES string of the molecule is c1cnc2c(c1)-c1nn(-c3ccc(N4CC5CNCC5C4)cc3)cc1CO2. The third-order valence-corrected chi connectivity index (χ3v) is 6.05. The van der Waals surface area contributed by atoms with Gasteiger partial charge in [-0.3, -0.25) is 0 Å². The molecule has 0 spiro atoms. The Morgan fingerprint density at radius 3 is 2.59 bits per heavy atom. The zero-order valence-electron chi connectivity index (χ0n) is 15.0. The van der Waals surface area contributed by atoms with E-state index in [2.05, 4.69) is 45.7 Å². The monoisotopic (exact) mass is 359 g/mol. The average Bonchev–Trinajstić information content (AvgIpc) is 3.42. The number of ether oxygens (including phenoxy) is 1. The molecular weight excluding hydrogens is 338 g/mol. The molecule has 0 bridgehead atoms. The fraction of sp³-hybridized carbons (Fsp3) is 0.333. The highest BCUT2D eigenvalue weighted by Gasteiger charge is 2.36. The molecule has 2 atom stereocenters. The predicted molar refractivity (Wildman–Crippen MR) is 103 cm³/mol. The topological polar surface area (TPSA) is 55.2 Å². The van der Waals surface area contributed by atoms with Crippen molar-refractivity contribution < 1.29 is 4.74 Å². The number of anilines is 1. The van der Waals surface area contributed by atoms with Crippen molar-refractivity contribution in [2.75, 3.05) is 31.1 Å². The van der Waals surface area contributed by atoms with Crippen LogP contribution >= 0.6 is 0 Å². The minimum atomic E-state index is 0.516. The molecule has 0 aliphatic carbocycles. The van der Waals surface area contributed by atoms with Crippen molar-refractivity contribution in [1.82, 2.24) is 20.1 Å². The highest BCUT2D eigenvalue weighted by Crippen LogP contribution is 2.35. The van der Waals surface area contributed by atoms with Gasteiger partial charge in [-0.2, -0.15) is 5.10 Å². The molecule has 136 valence electrons. The summed E-state index contributed by atoms with van der Waals surface area (Å²) in [4.78, 5) is 6.82.